The van der Waals surface area contributed by atoms with Crippen LogP contribution in [0.2, 0.25) is 10.0 Å². The number of aromatic nitrogens is 2. The van der Waals surface area contributed by atoms with E-state index in [1.807, 2.05) is 38.1 Å². The smallest absolute Gasteiger partial charge is 0.273 e. The minimum absolute atomic E-state index is 0.0763. The molecule has 34 heavy (non-hydrogen) atoms. The molecule has 0 aliphatic rings. The summed E-state index contributed by atoms with van der Waals surface area (Å²) >= 11 is 12.5. The van der Waals surface area contributed by atoms with Crippen molar-refractivity contribution in [3.05, 3.63) is 87.7 Å². The van der Waals surface area contributed by atoms with E-state index in [4.69, 9.17) is 27.6 Å². The molecule has 6 nitrogen and oxygen atoms in total. The highest BCUT2D eigenvalue weighted by atomic mass is 35.5. The highest BCUT2D eigenvalue weighted by molar-refractivity contribution is 6.35. The number of carbonyl (C=O) groups is 1. The molecule has 0 radical (unpaired) electrons. The third-order valence-electron chi connectivity index (χ3n) is 5.91. The van der Waals surface area contributed by atoms with Crippen LogP contribution in [0.5, 0.6) is 0 Å². The predicted octanol–water partition coefficient (Wildman–Crippen LogP) is 6.24. The van der Waals surface area contributed by atoms with Crippen LogP contribution in [0.1, 0.15) is 47.8 Å². The number of carbonyl (C=O) groups excluding carboxylic acids is 1. The molecular weight excluding hydrogens is 471 g/mol. The standard InChI is InChI=1S/C26H28Cl2N4O2/c1-3-17(2)30-26(33)24-16-34-25(31-24)15-32(14-19-8-9-20(27)12-22(19)28)11-10-18-13-29-23-7-5-4-6-21(18)23/h4-9,12-13,16-17,29H,3,10-11,14-15H2,1-2H3,(H,30,33). The molecule has 0 saturated carbocycles. The van der Waals surface area contributed by atoms with E-state index in [1.54, 1.807) is 6.07 Å². The van der Waals surface area contributed by atoms with Gasteiger partial charge in [0, 0.05) is 46.3 Å². The van der Waals surface area contributed by atoms with Gasteiger partial charge in [0.1, 0.15) is 6.26 Å². The van der Waals surface area contributed by atoms with Gasteiger partial charge < -0.3 is 14.7 Å². The molecule has 1 unspecified atom stereocenters. The van der Waals surface area contributed by atoms with Gasteiger partial charge in [-0.15, -0.1) is 0 Å². The summed E-state index contributed by atoms with van der Waals surface area (Å²) in [5, 5.41) is 5.35. The summed E-state index contributed by atoms with van der Waals surface area (Å²) in [5.74, 6) is 0.258. The van der Waals surface area contributed by atoms with Gasteiger partial charge in [0.05, 0.1) is 6.54 Å². The molecule has 178 valence electrons. The van der Waals surface area contributed by atoms with Crippen LogP contribution >= 0.6 is 23.2 Å². The molecule has 2 aromatic carbocycles. The molecule has 8 heteroatoms. The number of hydrogen-bond acceptors (Lipinski definition) is 4. The number of H-pyrrole nitrogens is 1. The summed E-state index contributed by atoms with van der Waals surface area (Å²) in [6.45, 7) is 5.76. The largest absolute Gasteiger partial charge is 0.447 e. The van der Waals surface area contributed by atoms with Gasteiger partial charge in [0.2, 0.25) is 5.89 Å². The van der Waals surface area contributed by atoms with E-state index < -0.39 is 0 Å². The summed E-state index contributed by atoms with van der Waals surface area (Å²) < 4.78 is 5.65. The second kappa shape index (κ2) is 11.1. The maximum Gasteiger partial charge on any atom is 0.273 e. The van der Waals surface area contributed by atoms with Gasteiger partial charge in [-0.05, 0) is 49.1 Å². The summed E-state index contributed by atoms with van der Waals surface area (Å²) in [7, 11) is 0. The molecule has 1 amide bonds. The van der Waals surface area contributed by atoms with Crippen LogP contribution in [0.4, 0.5) is 0 Å². The molecule has 2 heterocycles. The Balaban J connectivity index is 1.51. The summed E-state index contributed by atoms with van der Waals surface area (Å²) in [6.07, 6.45) is 5.15. The zero-order chi connectivity index (χ0) is 24.1. The van der Waals surface area contributed by atoms with Gasteiger partial charge in [-0.3, -0.25) is 9.69 Å². The second-order valence-corrected chi connectivity index (χ2v) is 9.31. The summed E-state index contributed by atoms with van der Waals surface area (Å²) in [6, 6.07) is 13.9. The number of nitrogens with one attached hydrogen (secondary N) is 2. The minimum atomic E-state index is -0.226. The fraction of sp³-hybridized carbons (Fsp3) is 0.308. The molecule has 0 aliphatic heterocycles. The Kier molecular flexibility index (Phi) is 7.93. The number of rotatable bonds is 10. The Bertz CT molecular complexity index is 1270. The Morgan fingerprint density at radius 2 is 2.00 bits per heavy atom. The van der Waals surface area contributed by atoms with Crippen molar-refractivity contribution in [1.29, 1.82) is 0 Å². The van der Waals surface area contributed by atoms with Crippen LogP contribution in [-0.2, 0) is 19.5 Å². The first-order valence-corrected chi connectivity index (χ1v) is 12.1. The first-order chi connectivity index (χ1) is 16.4. The van der Waals surface area contributed by atoms with E-state index in [9.17, 15) is 4.79 Å². The van der Waals surface area contributed by atoms with Crippen molar-refractivity contribution in [2.45, 2.75) is 45.8 Å². The van der Waals surface area contributed by atoms with Gasteiger partial charge in [-0.25, -0.2) is 4.98 Å². The zero-order valence-electron chi connectivity index (χ0n) is 19.3. The Morgan fingerprint density at radius 1 is 1.18 bits per heavy atom. The molecule has 2 N–H and O–H groups in total. The first kappa shape index (κ1) is 24.3. The molecule has 0 bridgehead atoms. The van der Waals surface area contributed by atoms with E-state index in [0.717, 1.165) is 30.5 Å². The number of hydrogen-bond donors (Lipinski definition) is 2. The lowest BCUT2D eigenvalue weighted by Gasteiger charge is -2.21. The molecule has 0 fully saturated rings. The number of fused-ring (bicyclic) bond motifs is 1. The van der Waals surface area contributed by atoms with Crippen LogP contribution in [0, 0.1) is 0 Å². The first-order valence-electron chi connectivity index (χ1n) is 11.4. The molecular formula is C26H28Cl2N4O2. The average molecular weight is 499 g/mol. The van der Waals surface area contributed by atoms with Gasteiger partial charge in [0.15, 0.2) is 5.69 Å². The number of aromatic amines is 1. The normalized spacial score (nSPS) is 12.4. The summed E-state index contributed by atoms with van der Waals surface area (Å²) in [4.78, 5) is 22.4. The number of halogens is 2. The molecule has 2 aromatic heterocycles. The number of amides is 1. The molecule has 0 aliphatic carbocycles. The maximum absolute atomic E-state index is 12.4. The predicted molar refractivity (Wildman–Crippen MR) is 136 cm³/mol. The Morgan fingerprint density at radius 3 is 2.79 bits per heavy atom. The van der Waals surface area contributed by atoms with Crippen LogP contribution in [-0.4, -0.2) is 33.4 Å². The third kappa shape index (κ3) is 6.00. The number of para-hydroxylation sites is 1. The van der Waals surface area contributed by atoms with Crippen LogP contribution < -0.4 is 5.32 Å². The van der Waals surface area contributed by atoms with E-state index in [1.165, 1.54) is 17.2 Å². The quantitative estimate of drug-likeness (QED) is 0.271. The molecule has 4 aromatic rings. The molecule has 0 spiro atoms. The van der Waals surface area contributed by atoms with Gasteiger partial charge >= 0.3 is 0 Å². The lowest BCUT2D eigenvalue weighted by Crippen LogP contribution is -2.32. The molecule has 0 saturated heterocycles. The molecule has 1 atom stereocenters. The fourth-order valence-corrected chi connectivity index (χ4v) is 4.27. The third-order valence-corrected chi connectivity index (χ3v) is 6.50. The van der Waals surface area contributed by atoms with Gasteiger partial charge in [-0.1, -0.05) is 54.4 Å². The zero-order valence-corrected chi connectivity index (χ0v) is 20.8. The van der Waals surface area contributed by atoms with Crippen molar-refractivity contribution in [2.24, 2.45) is 0 Å². The fourth-order valence-electron chi connectivity index (χ4n) is 3.80. The summed E-state index contributed by atoms with van der Waals surface area (Å²) in [5.41, 5.74) is 3.61. The van der Waals surface area contributed by atoms with Crippen molar-refractivity contribution in [3.8, 4) is 0 Å². The van der Waals surface area contributed by atoms with Crippen molar-refractivity contribution >= 4 is 40.0 Å². The monoisotopic (exact) mass is 498 g/mol. The lowest BCUT2D eigenvalue weighted by molar-refractivity contribution is 0.0934. The van der Waals surface area contributed by atoms with Crippen LogP contribution in [0.15, 0.2) is 59.3 Å². The highest BCUT2D eigenvalue weighted by Gasteiger charge is 2.18. The van der Waals surface area contributed by atoms with Crippen molar-refractivity contribution in [1.82, 2.24) is 20.2 Å². The van der Waals surface area contributed by atoms with Crippen molar-refractivity contribution < 1.29 is 9.21 Å². The number of nitrogens with zero attached hydrogens (tertiary/aromatic N) is 2. The van der Waals surface area contributed by atoms with Gasteiger partial charge in [0.25, 0.3) is 5.91 Å². The minimum Gasteiger partial charge on any atom is -0.447 e. The Labute approximate surface area is 209 Å². The van der Waals surface area contributed by atoms with E-state index >= 15 is 0 Å². The second-order valence-electron chi connectivity index (χ2n) is 8.47. The highest BCUT2D eigenvalue weighted by Crippen LogP contribution is 2.24. The lowest BCUT2D eigenvalue weighted by atomic mass is 10.1. The topological polar surface area (TPSA) is 74.2 Å². The maximum atomic E-state index is 12.4. The van der Waals surface area contributed by atoms with Crippen molar-refractivity contribution in [3.63, 3.8) is 0 Å². The van der Waals surface area contributed by atoms with E-state index in [2.05, 4.69) is 38.5 Å². The van der Waals surface area contributed by atoms with E-state index in [0.29, 0.717) is 29.0 Å². The SMILES string of the molecule is CCC(C)NC(=O)c1coc(CN(CCc2c[nH]c3ccccc23)Cc2ccc(Cl)cc2Cl)n1. The number of benzene rings is 2. The van der Waals surface area contributed by atoms with E-state index in [-0.39, 0.29) is 17.6 Å². The van der Waals surface area contributed by atoms with Crippen LogP contribution in [0.3, 0.4) is 0 Å². The number of oxazole rings is 1. The molecule has 4 rings (SSSR count). The van der Waals surface area contributed by atoms with Gasteiger partial charge in [-0.2, -0.15) is 0 Å². The Hall–Kier alpha value is -2.80. The van der Waals surface area contributed by atoms with Crippen LogP contribution in [0.25, 0.3) is 10.9 Å². The van der Waals surface area contributed by atoms with Crippen molar-refractivity contribution in [2.75, 3.05) is 6.54 Å². The average Bonchev–Trinajstić information content (AvgIpc) is 3.46.